The zero-order valence-electron chi connectivity index (χ0n) is 21.9. The first-order chi connectivity index (χ1) is 19.8. The van der Waals surface area contributed by atoms with E-state index in [1.165, 1.54) is 39.9 Å². The molecule has 0 saturated carbocycles. The van der Waals surface area contributed by atoms with E-state index in [9.17, 15) is 18.5 Å². The van der Waals surface area contributed by atoms with Crippen LogP contribution in [0.4, 0.5) is 11.4 Å². The Hall–Kier alpha value is -4.48. The number of hydrogen-bond acceptors (Lipinski definition) is 9. The number of nitriles is 1. The first-order valence-electron chi connectivity index (χ1n) is 12.5. The summed E-state index contributed by atoms with van der Waals surface area (Å²) in [6, 6.07) is 21.6. The number of ether oxygens (including phenoxy) is 1. The van der Waals surface area contributed by atoms with Gasteiger partial charge in [0.15, 0.2) is 0 Å². The van der Waals surface area contributed by atoms with Gasteiger partial charge in [0.05, 0.1) is 51.8 Å². The number of benzene rings is 3. The molecule has 3 aromatic carbocycles. The smallest absolute Gasteiger partial charge is 0.269 e. The Morgan fingerprint density at radius 1 is 1.02 bits per heavy atom. The molecule has 0 atom stereocenters. The van der Waals surface area contributed by atoms with Crippen molar-refractivity contribution in [1.82, 2.24) is 8.98 Å². The number of morpholine rings is 1. The van der Waals surface area contributed by atoms with Gasteiger partial charge in [-0.1, -0.05) is 12.1 Å². The van der Waals surface area contributed by atoms with Gasteiger partial charge in [-0.3, -0.25) is 10.1 Å². The van der Waals surface area contributed by atoms with Crippen LogP contribution >= 0.6 is 11.3 Å². The van der Waals surface area contributed by atoms with Gasteiger partial charge in [0.1, 0.15) is 0 Å². The lowest BCUT2D eigenvalue weighted by Gasteiger charge is -2.26. The molecule has 0 unspecified atom stereocenters. The van der Waals surface area contributed by atoms with Crippen LogP contribution in [0.2, 0.25) is 0 Å². The van der Waals surface area contributed by atoms with Crippen molar-refractivity contribution in [3.8, 4) is 17.3 Å². The molecule has 208 valence electrons. The number of aromatic nitrogens is 1. The molecule has 0 bridgehead atoms. The highest BCUT2D eigenvalue weighted by molar-refractivity contribution is 7.89. The molecule has 1 saturated heterocycles. The summed E-state index contributed by atoms with van der Waals surface area (Å²) in [6.07, 6.45) is 0. The molecular formula is C28H24N6O5S2. The van der Waals surface area contributed by atoms with Gasteiger partial charge >= 0.3 is 0 Å². The third-order valence-electron chi connectivity index (χ3n) is 6.41. The molecular weight excluding hydrogens is 564 g/mol. The molecule has 5 rings (SSSR count). The molecule has 0 N–H and O–H groups in total. The van der Waals surface area contributed by atoms with E-state index in [4.69, 9.17) is 20.1 Å². The highest BCUT2D eigenvalue weighted by atomic mass is 32.2. The quantitative estimate of drug-likeness (QED) is 0.176. The van der Waals surface area contributed by atoms with Gasteiger partial charge in [0.25, 0.3) is 5.69 Å². The lowest BCUT2D eigenvalue weighted by molar-refractivity contribution is -0.384. The summed E-state index contributed by atoms with van der Waals surface area (Å²) in [4.78, 5) is 16.1. The Morgan fingerprint density at radius 3 is 2.29 bits per heavy atom. The maximum atomic E-state index is 13.0. The fourth-order valence-electron chi connectivity index (χ4n) is 4.16. The van der Waals surface area contributed by atoms with Gasteiger partial charge in [-0.25, -0.2) is 18.1 Å². The number of non-ortho nitro benzene ring substituents is 1. The normalized spacial score (nSPS) is 15.0. The van der Waals surface area contributed by atoms with Crippen molar-refractivity contribution < 1.29 is 18.1 Å². The van der Waals surface area contributed by atoms with Crippen molar-refractivity contribution in [3.05, 3.63) is 104 Å². The summed E-state index contributed by atoms with van der Waals surface area (Å²) in [7, 11) is -3.63. The van der Waals surface area contributed by atoms with Crippen molar-refractivity contribution in [2.45, 2.75) is 11.8 Å². The zero-order valence-corrected chi connectivity index (χ0v) is 23.5. The van der Waals surface area contributed by atoms with Crippen LogP contribution in [0.25, 0.3) is 11.3 Å². The van der Waals surface area contributed by atoms with E-state index in [0.717, 1.165) is 5.56 Å². The molecule has 41 heavy (non-hydrogen) atoms. The van der Waals surface area contributed by atoms with Crippen molar-refractivity contribution in [1.29, 1.82) is 5.26 Å². The Labute approximate surface area is 240 Å². The highest BCUT2D eigenvalue weighted by Gasteiger charge is 2.26. The SMILES string of the molecule is C/C(=N\n1c(-c2ccc([N+](=O)[O-])cc2)csc1=Nc1ccc(S(=O)(=O)N2CCOCC2)cc1)c1ccc(C#N)cc1. The van der Waals surface area contributed by atoms with Crippen LogP contribution in [-0.4, -0.2) is 54.3 Å². The summed E-state index contributed by atoms with van der Waals surface area (Å²) in [5, 5.41) is 26.9. The van der Waals surface area contributed by atoms with Crippen molar-refractivity contribution >= 4 is 38.4 Å². The third kappa shape index (κ3) is 6.16. The Balaban J connectivity index is 1.55. The number of thiazole rings is 1. The second-order valence-electron chi connectivity index (χ2n) is 9.02. The van der Waals surface area contributed by atoms with Crippen molar-refractivity contribution in [3.63, 3.8) is 0 Å². The first-order valence-corrected chi connectivity index (χ1v) is 14.8. The third-order valence-corrected chi connectivity index (χ3v) is 9.14. The molecule has 0 aliphatic carbocycles. The van der Waals surface area contributed by atoms with E-state index in [-0.39, 0.29) is 10.6 Å². The molecule has 1 aromatic heterocycles. The fourth-order valence-corrected chi connectivity index (χ4v) is 6.42. The van der Waals surface area contributed by atoms with E-state index < -0.39 is 14.9 Å². The van der Waals surface area contributed by atoms with Gasteiger partial charge in [0.2, 0.25) is 14.8 Å². The standard InChI is InChI=1S/C28H24N6O5S2/c1-20(22-4-2-21(18-29)3-5-22)31-33-27(23-6-10-25(11-7-23)34(35)36)19-40-28(33)30-24-8-12-26(13-9-24)41(37,38)32-14-16-39-17-15-32/h2-13,19H,14-17H2,1H3/b30-28?,31-20+. The molecule has 4 aromatic rings. The molecule has 1 aliphatic heterocycles. The number of hydrogen-bond donors (Lipinski definition) is 0. The number of nitrogens with zero attached hydrogens (tertiary/aromatic N) is 6. The van der Waals surface area contributed by atoms with E-state index in [1.807, 2.05) is 12.3 Å². The number of nitro benzene ring substituents is 1. The minimum Gasteiger partial charge on any atom is -0.379 e. The van der Waals surface area contributed by atoms with E-state index >= 15 is 0 Å². The fraction of sp³-hybridized carbons (Fsp3) is 0.179. The predicted octanol–water partition coefficient (Wildman–Crippen LogP) is 4.52. The minimum atomic E-state index is -3.63. The van der Waals surface area contributed by atoms with Crippen LogP contribution in [0.5, 0.6) is 0 Å². The molecule has 1 aliphatic rings. The molecule has 2 heterocycles. The largest absolute Gasteiger partial charge is 0.379 e. The van der Waals surface area contributed by atoms with Crippen LogP contribution in [0.15, 0.2) is 93.2 Å². The van der Waals surface area contributed by atoms with E-state index in [0.29, 0.717) is 59.3 Å². The molecule has 1 fully saturated rings. The van der Waals surface area contributed by atoms with E-state index in [1.54, 1.807) is 53.2 Å². The number of nitro groups is 1. The second-order valence-corrected chi connectivity index (χ2v) is 11.8. The highest BCUT2D eigenvalue weighted by Crippen LogP contribution is 2.25. The molecule has 13 heteroatoms. The van der Waals surface area contributed by atoms with Gasteiger partial charge in [-0.2, -0.15) is 14.7 Å². The van der Waals surface area contributed by atoms with Crippen LogP contribution in [0, 0.1) is 21.4 Å². The summed E-state index contributed by atoms with van der Waals surface area (Å²) >= 11 is 1.32. The van der Waals surface area contributed by atoms with Crippen LogP contribution < -0.4 is 4.80 Å². The average Bonchev–Trinajstić information content (AvgIpc) is 3.39. The Bertz CT molecular complexity index is 1810. The lowest BCUT2D eigenvalue weighted by Crippen LogP contribution is -2.40. The summed E-state index contributed by atoms with van der Waals surface area (Å²) in [5.41, 5.74) is 3.88. The topological polar surface area (TPSA) is 143 Å². The Kier molecular flexibility index (Phi) is 8.18. The van der Waals surface area contributed by atoms with Crippen LogP contribution in [-0.2, 0) is 14.8 Å². The van der Waals surface area contributed by atoms with Gasteiger partial charge < -0.3 is 4.74 Å². The summed E-state index contributed by atoms with van der Waals surface area (Å²) < 4.78 is 34.3. The average molecular weight is 589 g/mol. The van der Waals surface area contributed by atoms with E-state index in [2.05, 4.69) is 6.07 Å². The lowest BCUT2D eigenvalue weighted by atomic mass is 10.1. The minimum absolute atomic E-state index is 0.0233. The summed E-state index contributed by atoms with van der Waals surface area (Å²) in [6.45, 7) is 3.19. The van der Waals surface area contributed by atoms with Crippen LogP contribution in [0.1, 0.15) is 18.1 Å². The van der Waals surface area contributed by atoms with Crippen LogP contribution in [0.3, 0.4) is 0 Å². The number of sulfonamides is 1. The van der Waals surface area contributed by atoms with Gasteiger partial charge in [-0.15, -0.1) is 11.3 Å². The maximum absolute atomic E-state index is 13.0. The molecule has 0 spiro atoms. The predicted molar refractivity (Wildman–Crippen MR) is 154 cm³/mol. The van der Waals surface area contributed by atoms with Gasteiger partial charge in [-0.05, 0) is 61.0 Å². The van der Waals surface area contributed by atoms with Gasteiger partial charge in [0, 0.05) is 36.2 Å². The van der Waals surface area contributed by atoms with Crippen molar-refractivity contribution in [2.75, 3.05) is 26.3 Å². The Morgan fingerprint density at radius 2 is 1.68 bits per heavy atom. The number of rotatable bonds is 7. The zero-order chi connectivity index (χ0) is 29.0. The maximum Gasteiger partial charge on any atom is 0.269 e. The molecule has 11 nitrogen and oxygen atoms in total. The van der Waals surface area contributed by atoms with Crippen molar-refractivity contribution in [2.24, 2.45) is 10.1 Å². The molecule has 0 radical (unpaired) electrons. The monoisotopic (exact) mass is 588 g/mol. The summed E-state index contributed by atoms with van der Waals surface area (Å²) in [5.74, 6) is 0. The molecule has 0 amide bonds. The second kappa shape index (κ2) is 11.9. The first kappa shape index (κ1) is 28.1.